The van der Waals surface area contributed by atoms with Crippen LogP contribution in [0.1, 0.15) is 23.2 Å². The fourth-order valence-corrected chi connectivity index (χ4v) is 2.26. The van der Waals surface area contributed by atoms with Crippen molar-refractivity contribution in [1.82, 2.24) is 9.97 Å². The summed E-state index contributed by atoms with van der Waals surface area (Å²) in [5, 5.41) is 2.78. The minimum atomic E-state index is -0.197. The smallest absolute Gasteiger partial charge is 0.224 e. The van der Waals surface area contributed by atoms with Gasteiger partial charge in [-0.3, -0.25) is 19.6 Å². The van der Waals surface area contributed by atoms with Crippen molar-refractivity contribution in [3.8, 4) is 0 Å². The van der Waals surface area contributed by atoms with E-state index in [4.69, 9.17) is 0 Å². The first-order valence-corrected chi connectivity index (χ1v) is 7.31. The molecule has 5 nitrogen and oxygen atoms in total. The SMILES string of the molecule is O=C(CCC(=O)c1ccccc1)Nc1ccc2nccnc2c1. The van der Waals surface area contributed by atoms with E-state index in [1.54, 1.807) is 42.7 Å². The maximum Gasteiger partial charge on any atom is 0.224 e. The second kappa shape index (κ2) is 6.79. The number of ketones is 1. The van der Waals surface area contributed by atoms with E-state index in [2.05, 4.69) is 15.3 Å². The molecule has 3 rings (SSSR count). The van der Waals surface area contributed by atoms with Crippen LogP contribution in [0.2, 0.25) is 0 Å². The summed E-state index contributed by atoms with van der Waals surface area (Å²) in [6.07, 6.45) is 3.55. The molecule has 0 fully saturated rings. The molecule has 23 heavy (non-hydrogen) atoms. The average Bonchev–Trinajstić information content (AvgIpc) is 2.60. The minimum Gasteiger partial charge on any atom is -0.326 e. The summed E-state index contributed by atoms with van der Waals surface area (Å²) >= 11 is 0. The van der Waals surface area contributed by atoms with Crippen LogP contribution in [0.15, 0.2) is 60.9 Å². The second-order valence-electron chi connectivity index (χ2n) is 5.10. The highest BCUT2D eigenvalue weighted by Gasteiger charge is 2.09. The molecule has 0 saturated carbocycles. The van der Waals surface area contributed by atoms with E-state index in [9.17, 15) is 9.59 Å². The zero-order chi connectivity index (χ0) is 16.1. The molecule has 1 amide bonds. The van der Waals surface area contributed by atoms with Crippen molar-refractivity contribution in [2.75, 3.05) is 5.32 Å². The van der Waals surface area contributed by atoms with Gasteiger partial charge >= 0.3 is 0 Å². The van der Waals surface area contributed by atoms with Gasteiger partial charge in [-0.05, 0) is 18.2 Å². The maximum atomic E-state index is 12.0. The number of rotatable bonds is 5. The quantitative estimate of drug-likeness (QED) is 0.735. The molecular formula is C18H15N3O2. The molecule has 3 aromatic rings. The molecular weight excluding hydrogens is 290 g/mol. The van der Waals surface area contributed by atoms with Gasteiger partial charge in [-0.15, -0.1) is 0 Å². The first-order valence-electron chi connectivity index (χ1n) is 7.31. The number of fused-ring (bicyclic) bond motifs is 1. The second-order valence-corrected chi connectivity index (χ2v) is 5.10. The molecule has 0 spiro atoms. The molecule has 2 aromatic carbocycles. The predicted octanol–water partition coefficient (Wildman–Crippen LogP) is 3.23. The van der Waals surface area contributed by atoms with Crippen molar-refractivity contribution < 1.29 is 9.59 Å². The number of Topliss-reactive ketones (excluding diaryl/α,β-unsaturated/α-hetero) is 1. The number of anilines is 1. The highest BCUT2D eigenvalue weighted by molar-refractivity contribution is 6.00. The Labute approximate surface area is 133 Å². The Hall–Kier alpha value is -3.08. The van der Waals surface area contributed by atoms with Crippen molar-refractivity contribution in [2.24, 2.45) is 0 Å². The van der Waals surface area contributed by atoms with E-state index >= 15 is 0 Å². The van der Waals surface area contributed by atoms with Crippen LogP contribution in [0.3, 0.4) is 0 Å². The van der Waals surface area contributed by atoms with Gasteiger partial charge in [0.15, 0.2) is 5.78 Å². The number of benzene rings is 2. The fraction of sp³-hybridized carbons (Fsp3) is 0.111. The molecule has 0 aliphatic rings. The van der Waals surface area contributed by atoms with Gasteiger partial charge in [0, 0.05) is 36.5 Å². The molecule has 1 N–H and O–H groups in total. The summed E-state index contributed by atoms with van der Waals surface area (Å²) in [5.41, 5.74) is 2.76. The molecule has 0 aliphatic heterocycles. The predicted molar refractivity (Wildman–Crippen MR) is 88.2 cm³/mol. The Bertz CT molecular complexity index is 847. The van der Waals surface area contributed by atoms with E-state index in [1.165, 1.54) is 0 Å². The largest absolute Gasteiger partial charge is 0.326 e. The number of carbonyl (C=O) groups excluding carboxylic acids is 2. The lowest BCUT2D eigenvalue weighted by atomic mass is 10.1. The Kier molecular flexibility index (Phi) is 4.38. The van der Waals surface area contributed by atoms with Crippen LogP contribution < -0.4 is 5.32 Å². The number of nitrogens with zero attached hydrogens (tertiary/aromatic N) is 2. The topological polar surface area (TPSA) is 72.0 Å². The van der Waals surface area contributed by atoms with Crippen LogP contribution in [-0.2, 0) is 4.79 Å². The van der Waals surface area contributed by atoms with Crippen LogP contribution in [0.5, 0.6) is 0 Å². The van der Waals surface area contributed by atoms with Gasteiger partial charge in [0.2, 0.25) is 5.91 Å². The van der Waals surface area contributed by atoms with Gasteiger partial charge in [-0.2, -0.15) is 0 Å². The van der Waals surface area contributed by atoms with Crippen molar-refractivity contribution >= 4 is 28.4 Å². The summed E-state index contributed by atoms with van der Waals surface area (Å²) in [6.45, 7) is 0. The molecule has 5 heteroatoms. The lowest BCUT2D eigenvalue weighted by Crippen LogP contribution is -2.13. The molecule has 114 valence electrons. The van der Waals surface area contributed by atoms with Crippen molar-refractivity contribution in [3.63, 3.8) is 0 Å². The van der Waals surface area contributed by atoms with E-state index in [1.807, 2.05) is 18.2 Å². The number of amides is 1. The van der Waals surface area contributed by atoms with Crippen molar-refractivity contribution in [3.05, 3.63) is 66.5 Å². The van der Waals surface area contributed by atoms with Gasteiger partial charge in [-0.1, -0.05) is 30.3 Å². The van der Waals surface area contributed by atoms with E-state index < -0.39 is 0 Å². The Balaban J connectivity index is 1.59. The lowest BCUT2D eigenvalue weighted by Gasteiger charge is -2.06. The van der Waals surface area contributed by atoms with Gasteiger partial charge in [0.05, 0.1) is 11.0 Å². The molecule has 0 unspecified atom stereocenters. The number of nitrogens with one attached hydrogen (secondary N) is 1. The summed E-state index contributed by atoms with van der Waals surface area (Å²) in [7, 11) is 0. The Morgan fingerprint density at radius 2 is 1.61 bits per heavy atom. The fourth-order valence-electron chi connectivity index (χ4n) is 2.26. The van der Waals surface area contributed by atoms with Crippen LogP contribution in [0.4, 0.5) is 5.69 Å². The molecule has 0 bridgehead atoms. The highest BCUT2D eigenvalue weighted by atomic mass is 16.2. The minimum absolute atomic E-state index is 0.0369. The summed E-state index contributed by atoms with van der Waals surface area (Å²) in [4.78, 5) is 32.3. The van der Waals surface area contributed by atoms with Gasteiger partial charge in [0.25, 0.3) is 0 Å². The Morgan fingerprint density at radius 3 is 2.39 bits per heavy atom. The monoisotopic (exact) mass is 305 g/mol. The third-order valence-corrected chi connectivity index (χ3v) is 3.43. The summed E-state index contributed by atoms with van der Waals surface area (Å²) < 4.78 is 0. The number of carbonyl (C=O) groups is 2. The first kappa shape index (κ1) is 14.8. The van der Waals surface area contributed by atoms with Crippen molar-refractivity contribution in [1.29, 1.82) is 0 Å². The van der Waals surface area contributed by atoms with E-state index in [-0.39, 0.29) is 24.5 Å². The summed E-state index contributed by atoms with van der Waals surface area (Å²) in [5.74, 6) is -0.234. The molecule has 1 heterocycles. The van der Waals surface area contributed by atoms with E-state index in [0.29, 0.717) is 16.8 Å². The number of hydrogen-bond acceptors (Lipinski definition) is 4. The number of aromatic nitrogens is 2. The molecule has 0 atom stereocenters. The molecule has 0 radical (unpaired) electrons. The lowest BCUT2D eigenvalue weighted by molar-refractivity contribution is -0.116. The van der Waals surface area contributed by atoms with Gasteiger partial charge in [-0.25, -0.2) is 0 Å². The van der Waals surface area contributed by atoms with Gasteiger partial charge in [0.1, 0.15) is 0 Å². The van der Waals surface area contributed by atoms with Crippen LogP contribution >= 0.6 is 0 Å². The summed E-state index contributed by atoms with van der Waals surface area (Å²) in [6, 6.07) is 14.3. The van der Waals surface area contributed by atoms with Crippen LogP contribution in [0, 0.1) is 0 Å². The zero-order valence-electron chi connectivity index (χ0n) is 12.4. The standard InChI is InChI=1S/C18H15N3O2/c22-17(13-4-2-1-3-5-13)8-9-18(23)21-14-6-7-15-16(12-14)20-11-10-19-15/h1-7,10-12H,8-9H2,(H,21,23). The maximum absolute atomic E-state index is 12.0. The van der Waals surface area contributed by atoms with Crippen molar-refractivity contribution in [2.45, 2.75) is 12.8 Å². The van der Waals surface area contributed by atoms with E-state index in [0.717, 1.165) is 5.52 Å². The number of hydrogen-bond donors (Lipinski definition) is 1. The normalized spacial score (nSPS) is 10.4. The molecule has 0 aliphatic carbocycles. The zero-order valence-corrected chi connectivity index (χ0v) is 12.4. The third-order valence-electron chi connectivity index (χ3n) is 3.43. The van der Waals surface area contributed by atoms with Gasteiger partial charge < -0.3 is 5.32 Å². The Morgan fingerprint density at radius 1 is 0.870 bits per heavy atom. The molecule has 1 aromatic heterocycles. The molecule has 0 saturated heterocycles. The van der Waals surface area contributed by atoms with Crippen LogP contribution in [0.25, 0.3) is 11.0 Å². The first-order chi connectivity index (χ1) is 11.2. The highest BCUT2D eigenvalue weighted by Crippen LogP contribution is 2.15. The van der Waals surface area contributed by atoms with Crippen LogP contribution in [-0.4, -0.2) is 21.7 Å². The third kappa shape index (κ3) is 3.77. The average molecular weight is 305 g/mol.